The number of carbonyl (C=O) groups is 1. The quantitative estimate of drug-likeness (QED) is 0.901. The van der Waals surface area contributed by atoms with E-state index in [1.807, 2.05) is 0 Å². The van der Waals surface area contributed by atoms with Crippen molar-refractivity contribution in [3.05, 3.63) is 40.4 Å². The van der Waals surface area contributed by atoms with Gasteiger partial charge in [0.05, 0.1) is 29.7 Å². The van der Waals surface area contributed by atoms with Crippen LogP contribution in [0.1, 0.15) is 17.0 Å². The van der Waals surface area contributed by atoms with Crippen LogP contribution in [0.2, 0.25) is 0 Å². The molecule has 23 heavy (non-hydrogen) atoms. The molecule has 1 aromatic heterocycles. The number of para-hydroxylation sites is 1. The lowest BCUT2D eigenvalue weighted by Crippen LogP contribution is -2.40. The molecule has 0 spiro atoms. The topological polar surface area (TPSA) is 84.5 Å². The van der Waals surface area contributed by atoms with E-state index < -0.39 is 0 Å². The number of rotatable bonds is 4. The van der Waals surface area contributed by atoms with Crippen LogP contribution in [0.3, 0.4) is 0 Å². The zero-order valence-electron chi connectivity index (χ0n) is 13.1. The van der Waals surface area contributed by atoms with Gasteiger partial charge in [-0.15, -0.1) is 0 Å². The molecule has 0 bridgehead atoms. The Balaban J connectivity index is 1.94. The van der Waals surface area contributed by atoms with Crippen LogP contribution in [0.5, 0.6) is 0 Å². The summed E-state index contributed by atoms with van der Waals surface area (Å²) in [5.41, 5.74) is 0.190. The lowest BCUT2D eigenvalue weighted by atomic mass is 10.2. The summed E-state index contributed by atoms with van der Waals surface area (Å²) in [6.45, 7) is 0.878. The van der Waals surface area contributed by atoms with Crippen molar-refractivity contribution in [3.8, 4) is 0 Å². The van der Waals surface area contributed by atoms with Gasteiger partial charge in [-0.3, -0.25) is 9.59 Å². The van der Waals surface area contributed by atoms with E-state index >= 15 is 0 Å². The Morgan fingerprint density at radius 3 is 2.91 bits per heavy atom. The third-order valence-electron chi connectivity index (χ3n) is 4.14. The highest BCUT2D eigenvalue weighted by Gasteiger charge is 2.36. The maximum Gasteiger partial charge on any atom is 0.290 e. The largest absolute Gasteiger partial charge is 0.383 e. The highest BCUT2D eigenvalue weighted by molar-refractivity contribution is 5.93. The Bertz CT molecular complexity index is 773. The van der Waals surface area contributed by atoms with E-state index in [0.717, 1.165) is 0 Å². The molecule has 7 nitrogen and oxygen atoms in total. The maximum atomic E-state index is 12.8. The first kappa shape index (κ1) is 15.6. The van der Waals surface area contributed by atoms with Crippen molar-refractivity contribution >= 4 is 16.8 Å². The summed E-state index contributed by atoms with van der Waals surface area (Å²) in [5, 5.41) is 0.466. The van der Waals surface area contributed by atoms with Crippen LogP contribution >= 0.6 is 0 Å². The molecule has 0 aliphatic carbocycles. The predicted molar refractivity (Wildman–Crippen MR) is 84.5 cm³/mol. The Morgan fingerprint density at radius 2 is 2.17 bits per heavy atom. The molecule has 1 aromatic carbocycles. The third-order valence-corrected chi connectivity index (χ3v) is 4.14. The van der Waals surface area contributed by atoms with Crippen LogP contribution in [0.4, 0.5) is 0 Å². The average Bonchev–Trinajstić information content (AvgIpc) is 2.97. The van der Waals surface area contributed by atoms with E-state index in [1.54, 1.807) is 43.4 Å². The molecule has 3 rings (SSSR count). The van der Waals surface area contributed by atoms with Crippen LogP contribution in [0.25, 0.3) is 10.9 Å². The minimum Gasteiger partial charge on any atom is -0.383 e. The van der Waals surface area contributed by atoms with E-state index in [1.165, 1.54) is 0 Å². The van der Waals surface area contributed by atoms with Crippen molar-refractivity contribution in [1.82, 2.24) is 14.9 Å². The van der Waals surface area contributed by atoms with Gasteiger partial charge in [-0.1, -0.05) is 12.1 Å². The summed E-state index contributed by atoms with van der Waals surface area (Å²) in [6, 6.07) is 6.86. The van der Waals surface area contributed by atoms with Crippen molar-refractivity contribution in [3.63, 3.8) is 0 Å². The number of aromatic nitrogens is 2. The highest BCUT2D eigenvalue weighted by atomic mass is 16.5. The fraction of sp³-hybridized carbons (Fsp3) is 0.438. The van der Waals surface area contributed by atoms with Gasteiger partial charge in [0, 0.05) is 20.8 Å². The van der Waals surface area contributed by atoms with Crippen LogP contribution in [0.15, 0.2) is 29.1 Å². The summed E-state index contributed by atoms with van der Waals surface area (Å²) in [5.74, 6) is -0.263. The first-order valence-corrected chi connectivity index (χ1v) is 7.45. The lowest BCUT2D eigenvalue weighted by Gasteiger charge is -2.23. The molecule has 0 radical (unpaired) electrons. The fourth-order valence-corrected chi connectivity index (χ4v) is 2.97. The number of methoxy groups -OCH3 is 2. The molecule has 2 atom stereocenters. The molecule has 1 N–H and O–H groups in total. The normalized spacial score (nSPS) is 21.0. The zero-order chi connectivity index (χ0) is 16.4. The molecule has 2 aromatic rings. The van der Waals surface area contributed by atoms with Crippen molar-refractivity contribution in [1.29, 1.82) is 0 Å². The number of fused-ring (bicyclic) bond motifs is 1. The highest BCUT2D eigenvalue weighted by Crippen LogP contribution is 2.22. The van der Waals surface area contributed by atoms with Crippen LogP contribution in [-0.4, -0.2) is 60.3 Å². The van der Waals surface area contributed by atoms with Gasteiger partial charge in [0.2, 0.25) is 0 Å². The second-order valence-electron chi connectivity index (χ2n) is 5.59. The Hall–Kier alpha value is -2.25. The standard InChI is InChI=1S/C16H19N3O4/c1-22-9-10-7-11(23-2)8-19(10)16(21)14-17-13-6-4-3-5-12(13)15(20)18-14/h3-6,10-11H,7-9H2,1-2H3,(H,17,18,20)/t10-,11+/m0/s1. The van der Waals surface area contributed by atoms with Gasteiger partial charge in [0.15, 0.2) is 5.82 Å². The fourth-order valence-electron chi connectivity index (χ4n) is 2.97. The van der Waals surface area contributed by atoms with Gasteiger partial charge in [0.25, 0.3) is 11.5 Å². The molecule has 122 valence electrons. The molecule has 0 unspecified atom stereocenters. The molecule has 1 aliphatic rings. The Kier molecular flexibility index (Phi) is 4.40. The molecular formula is C16H19N3O4. The van der Waals surface area contributed by atoms with Crippen LogP contribution in [-0.2, 0) is 9.47 Å². The van der Waals surface area contributed by atoms with Crippen molar-refractivity contribution in [2.45, 2.75) is 18.6 Å². The maximum absolute atomic E-state index is 12.8. The summed E-state index contributed by atoms with van der Waals surface area (Å²) in [6.07, 6.45) is 0.666. The van der Waals surface area contributed by atoms with Gasteiger partial charge in [-0.05, 0) is 18.6 Å². The number of nitrogens with zero attached hydrogens (tertiary/aromatic N) is 2. The number of aromatic amines is 1. The number of benzene rings is 1. The zero-order valence-corrected chi connectivity index (χ0v) is 13.1. The predicted octanol–water partition coefficient (Wildman–Crippen LogP) is 0.799. The van der Waals surface area contributed by atoms with Gasteiger partial charge in [-0.25, -0.2) is 4.98 Å². The van der Waals surface area contributed by atoms with Crippen molar-refractivity contribution < 1.29 is 14.3 Å². The molecular weight excluding hydrogens is 298 g/mol. The molecule has 7 heteroatoms. The number of H-pyrrole nitrogens is 1. The molecule has 0 saturated carbocycles. The summed E-state index contributed by atoms with van der Waals surface area (Å²) in [4.78, 5) is 33.4. The van der Waals surface area contributed by atoms with Crippen LogP contribution in [0, 0.1) is 0 Å². The van der Waals surface area contributed by atoms with Crippen molar-refractivity contribution in [2.75, 3.05) is 27.4 Å². The monoisotopic (exact) mass is 317 g/mol. The minimum atomic E-state index is -0.315. The van der Waals surface area contributed by atoms with E-state index in [9.17, 15) is 9.59 Å². The Labute approximate surface area is 133 Å². The Morgan fingerprint density at radius 1 is 1.39 bits per heavy atom. The summed E-state index contributed by atoms with van der Waals surface area (Å²) < 4.78 is 10.5. The molecule has 1 amide bonds. The van der Waals surface area contributed by atoms with Crippen LogP contribution < -0.4 is 5.56 Å². The molecule has 1 saturated heterocycles. The number of ether oxygens (including phenoxy) is 2. The third kappa shape index (κ3) is 2.97. The van der Waals surface area contributed by atoms with Gasteiger partial charge in [0.1, 0.15) is 0 Å². The van der Waals surface area contributed by atoms with E-state index in [4.69, 9.17) is 9.47 Å². The first-order chi connectivity index (χ1) is 11.1. The van der Waals surface area contributed by atoms with Gasteiger partial charge < -0.3 is 19.4 Å². The summed E-state index contributed by atoms with van der Waals surface area (Å²) >= 11 is 0. The van der Waals surface area contributed by atoms with E-state index in [0.29, 0.717) is 30.5 Å². The number of carbonyl (C=O) groups excluding carboxylic acids is 1. The lowest BCUT2D eigenvalue weighted by molar-refractivity contribution is 0.0600. The van der Waals surface area contributed by atoms with E-state index in [-0.39, 0.29) is 29.4 Å². The summed E-state index contributed by atoms with van der Waals surface area (Å²) in [7, 11) is 3.22. The second-order valence-corrected chi connectivity index (χ2v) is 5.59. The minimum absolute atomic E-state index is 0.0359. The SMILES string of the molecule is COC[C@@H]1C[C@@H](OC)CN1C(=O)c1nc2ccccc2c(=O)[nH]1. The van der Waals surface area contributed by atoms with Gasteiger partial charge >= 0.3 is 0 Å². The molecule has 1 aliphatic heterocycles. The number of likely N-dealkylation sites (tertiary alicyclic amines) is 1. The van der Waals surface area contributed by atoms with Crippen molar-refractivity contribution in [2.24, 2.45) is 0 Å². The number of hydrogen-bond acceptors (Lipinski definition) is 5. The van der Waals surface area contributed by atoms with Gasteiger partial charge in [-0.2, -0.15) is 0 Å². The van der Waals surface area contributed by atoms with E-state index in [2.05, 4.69) is 9.97 Å². The first-order valence-electron chi connectivity index (χ1n) is 7.45. The number of nitrogens with one attached hydrogen (secondary N) is 1. The number of hydrogen-bond donors (Lipinski definition) is 1. The second kappa shape index (κ2) is 6.47. The number of amides is 1. The molecule has 2 heterocycles. The average molecular weight is 317 g/mol. The molecule has 1 fully saturated rings. The smallest absolute Gasteiger partial charge is 0.290 e.